The Hall–Kier alpha value is -0.930. The van der Waals surface area contributed by atoms with Crippen molar-refractivity contribution in [3.05, 3.63) is 17.5 Å². The highest BCUT2D eigenvalue weighted by Crippen LogP contribution is 2.20. The molecule has 1 aliphatic rings. The van der Waals surface area contributed by atoms with Crippen LogP contribution in [0.2, 0.25) is 0 Å². The van der Waals surface area contributed by atoms with Crippen LogP contribution in [-0.2, 0) is 19.4 Å². The van der Waals surface area contributed by atoms with Crippen molar-refractivity contribution in [2.45, 2.75) is 38.7 Å². The highest BCUT2D eigenvalue weighted by atomic mass is 19.3. The lowest BCUT2D eigenvalue weighted by atomic mass is 9.98. The molecule has 2 rings (SSSR count). The van der Waals surface area contributed by atoms with Gasteiger partial charge in [-0.25, -0.2) is 8.78 Å². The molecule has 1 aliphatic carbocycles. The summed E-state index contributed by atoms with van der Waals surface area (Å²) >= 11 is 0. The molecule has 1 heterocycles. The zero-order chi connectivity index (χ0) is 9.26. The molecule has 0 aliphatic heterocycles. The van der Waals surface area contributed by atoms with Crippen LogP contribution in [0.5, 0.6) is 0 Å². The number of aromatic nitrogens is 2. The first-order valence-corrected chi connectivity index (χ1v) is 4.59. The molecule has 0 spiro atoms. The molecule has 72 valence electrons. The van der Waals surface area contributed by atoms with Crippen LogP contribution < -0.4 is 0 Å². The van der Waals surface area contributed by atoms with Crippen LogP contribution in [0.3, 0.4) is 0 Å². The largest absolute Gasteiger partial charge is 0.264 e. The smallest absolute Gasteiger partial charge is 0.257 e. The van der Waals surface area contributed by atoms with Gasteiger partial charge in [0, 0.05) is 5.69 Å². The maximum Gasteiger partial charge on any atom is 0.257 e. The first-order valence-electron chi connectivity index (χ1n) is 4.59. The Bertz CT molecular complexity index is 294. The normalized spacial score (nSPS) is 16.2. The molecule has 0 N–H and O–H groups in total. The minimum absolute atomic E-state index is 0.255. The number of halogens is 2. The van der Waals surface area contributed by atoms with E-state index in [0.29, 0.717) is 0 Å². The molecule has 0 saturated heterocycles. The lowest BCUT2D eigenvalue weighted by Crippen LogP contribution is -2.13. The van der Waals surface area contributed by atoms with Crippen LogP contribution >= 0.6 is 0 Å². The number of hydrogen-bond donors (Lipinski definition) is 0. The fourth-order valence-electron chi connectivity index (χ4n) is 1.84. The molecule has 4 heteroatoms. The third-order valence-electron chi connectivity index (χ3n) is 2.46. The van der Waals surface area contributed by atoms with Gasteiger partial charge >= 0.3 is 0 Å². The molecule has 0 saturated carbocycles. The highest BCUT2D eigenvalue weighted by Gasteiger charge is 2.16. The molecule has 0 aromatic carbocycles. The van der Waals surface area contributed by atoms with E-state index in [9.17, 15) is 8.78 Å². The van der Waals surface area contributed by atoms with Crippen molar-refractivity contribution in [1.82, 2.24) is 9.78 Å². The van der Waals surface area contributed by atoms with E-state index in [4.69, 9.17) is 0 Å². The monoisotopic (exact) mass is 186 g/mol. The molecule has 0 atom stereocenters. The third-order valence-corrected chi connectivity index (χ3v) is 2.46. The van der Waals surface area contributed by atoms with Crippen LogP contribution in [0.4, 0.5) is 8.78 Å². The third kappa shape index (κ3) is 1.71. The fraction of sp³-hybridized carbons (Fsp3) is 0.667. The summed E-state index contributed by atoms with van der Waals surface area (Å²) in [6.07, 6.45) is 3.60. The Labute approximate surface area is 75.6 Å². The summed E-state index contributed by atoms with van der Waals surface area (Å²) in [5, 5.41) is 3.97. The van der Waals surface area contributed by atoms with Gasteiger partial charge in [0.25, 0.3) is 6.43 Å². The van der Waals surface area contributed by atoms with Crippen molar-refractivity contribution in [1.29, 1.82) is 0 Å². The van der Waals surface area contributed by atoms with Crippen LogP contribution in [0.25, 0.3) is 0 Å². The van der Waals surface area contributed by atoms with E-state index in [1.54, 1.807) is 6.20 Å². The van der Waals surface area contributed by atoms with E-state index < -0.39 is 6.43 Å². The van der Waals surface area contributed by atoms with Crippen molar-refractivity contribution < 1.29 is 8.78 Å². The average molecular weight is 186 g/mol. The summed E-state index contributed by atoms with van der Waals surface area (Å²) in [4.78, 5) is 0. The van der Waals surface area contributed by atoms with Gasteiger partial charge in [-0.3, -0.25) is 4.68 Å². The van der Waals surface area contributed by atoms with Crippen molar-refractivity contribution in [3.63, 3.8) is 0 Å². The molecule has 0 fully saturated rings. The Kier molecular flexibility index (Phi) is 2.29. The summed E-state index contributed by atoms with van der Waals surface area (Å²) in [5.41, 5.74) is 2.18. The van der Waals surface area contributed by atoms with Gasteiger partial charge in [0.2, 0.25) is 0 Å². The molecular formula is C9H12F2N2. The van der Waals surface area contributed by atoms with Gasteiger partial charge in [0.05, 0.1) is 6.20 Å². The van der Waals surface area contributed by atoms with E-state index >= 15 is 0 Å². The molecule has 0 bridgehead atoms. The molecule has 0 radical (unpaired) electrons. The number of fused-ring (bicyclic) bond motifs is 1. The molecule has 2 nitrogen and oxygen atoms in total. The average Bonchev–Trinajstić information content (AvgIpc) is 2.48. The van der Waals surface area contributed by atoms with Gasteiger partial charge < -0.3 is 0 Å². The fourth-order valence-corrected chi connectivity index (χ4v) is 1.84. The molecule has 13 heavy (non-hydrogen) atoms. The summed E-state index contributed by atoms with van der Waals surface area (Å²) < 4.78 is 25.7. The molecule has 0 unspecified atom stereocenters. The molecular weight excluding hydrogens is 174 g/mol. The first-order chi connectivity index (χ1) is 6.27. The number of nitrogens with zero attached hydrogens (tertiary/aromatic N) is 2. The second-order valence-electron chi connectivity index (χ2n) is 3.40. The van der Waals surface area contributed by atoms with E-state index in [2.05, 4.69) is 5.10 Å². The number of rotatable bonds is 2. The lowest BCUT2D eigenvalue weighted by molar-refractivity contribution is 0.120. The minimum Gasteiger partial charge on any atom is -0.264 e. The Morgan fingerprint density at radius 3 is 2.92 bits per heavy atom. The van der Waals surface area contributed by atoms with Crippen molar-refractivity contribution in [3.8, 4) is 0 Å². The minimum atomic E-state index is -2.30. The summed E-state index contributed by atoms with van der Waals surface area (Å²) in [5.74, 6) is 0. The van der Waals surface area contributed by atoms with Crippen LogP contribution in [0.1, 0.15) is 24.1 Å². The van der Waals surface area contributed by atoms with Gasteiger partial charge in [-0.2, -0.15) is 5.10 Å². The maximum absolute atomic E-state index is 12.1. The second-order valence-corrected chi connectivity index (χ2v) is 3.40. The van der Waals surface area contributed by atoms with Crippen LogP contribution in [0.15, 0.2) is 6.20 Å². The van der Waals surface area contributed by atoms with Crippen LogP contribution in [0, 0.1) is 0 Å². The predicted molar refractivity (Wildman–Crippen MR) is 44.9 cm³/mol. The standard InChI is InChI=1S/C9H12F2N2/c10-9(11)6-13-8-4-2-1-3-7(8)5-12-13/h5,9H,1-4,6H2. The number of alkyl halides is 2. The van der Waals surface area contributed by atoms with Crippen molar-refractivity contribution in [2.24, 2.45) is 0 Å². The topological polar surface area (TPSA) is 17.8 Å². The zero-order valence-electron chi connectivity index (χ0n) is 7.34. The number of aryl methyl sites for hydroxylation is 1. The van der Waals surface area contributed by atoms with Crippen molar-refractivity contribution >= 4 is 0 Å². The lowest BCUT2D eigenvalue weighted by Gasteiger charge is -2.13. The maximum atomic E-state index is 12.1. The van der Waals surface area contributed by atoms with Gasteiger partial charge in [-0.1, -0.05) is 0 Å². The quantitative estimate of drug-likeness (QED) is 0.691. The second kappa shape index (κ2) is 3.44. The first kappa shape index (κ1) is 8.66. The van der Waals surface area contributed by atoms with Gasteiger partial charge in [0.1, 0.15) is 6.54 Å². The van der Waals surface area contributed by atoms with E-state index in [0.717, 1.165) is 36.9 Å². The van der Waals surface area contributed by atoms with Crippen molar-refractivity contribution in [2.75, 3.05) is 0 Å². The van der Waals surface area contributed by atoms with E-state index in [1.807, 2.05) is 0 Å². The summed E-state index contributed by atoms with van der Waals surface area (Å²) in [6.45, 7) is -0.255. The molecule has 1 aromatic heterocycles. The van der Waals surface area contributed by atoms with Gasteiger partial charge in [0.15, 0.2) is 0 Å². The van der Waals surface area contributed by atoms with E-state index in [-0.39, 0.29) is 6.54 Å². The van der Waals surface area contributed by atoms with Gasteiger partial charge in [-0.15, -0.1) is 0 Å². The van der Waals surface area contributed by atoms with E-state index in [1.165, 1.54) is 4.68 Å². The summed E-state index contributed by atoms with van der Waals surface area (Å²) in [7, 11) is 0. The predicted octanol–water partition coefficient (Wildman–Crippen LogP) is 2.03. The Morgan fingerprint density at radius 2 is 2.15 bits per heavy atom. The molecule has 1 aromatic rings. The SMILES string of the molecule is FC(F)Cn1ncc2c1CCCC2. The zero-order valence-corrected chi connectivity index (χ0v) is 7.34. The summed E-state index contributed by atoms with van der Waals surface area (Å²) in [6, 6.07) is 0. The Morgan fingerprint density at radius 1 is 1.38 bits per heavy atom. The Balaban J connectivity index is 2.21. The highest BCUT2D eigenvalue weighted by molar-refractivity contribution is 5.20. The van der Waals surface area contributed by atoms with Crippen LogP contribution in [-0.4, -0.2) is 16.2 Å². The number of hydrogen-bond acceptors (Lipinski definition) is 1. The molecule has 0 amide bonds. The van der Waals surface area contributed by atoms with Gasteiger partial charge in [-0.05, 0) is 31.2 Å².